The van der Waals surface area contributed by atoms with E-state index in [4.69, 9.17) is 0 Å². The Morgan fingerprint density at radius 3 is 2.44 bits per heavy atom. The summed E-state index contributed by atoms with van der Waals surface area (Å²) in [5.41, 5.74) is 0.336. The number of likely N-dealkylation sites (tertiary alicyclic amines) is 1. The van der Waals surface area contributed by atoms with Crippen molar-refractivity contribution in [3.05, 3.63) is 30.1 Å². The third kappa shape index (κ3) is 6.80. The van der Waals surface area contributed by atoms with E-state index in [2.05, 4.69) is 15.6 Å². The third-order valence-electron chi connectivity index (χ3n) is 4.54. The summed E-state index contributed by atoms with van der Waals surface area (Å²) < 4.78 is 0. The number of nitrogens with zero attached hydrogens (tertiary/aromatic N) is 2. The molecule has 25 heavy (non-hydrogen) atoms. The minimum absolute atomic E-state index is 0. The van der Waals surface area contributed by atoms with E-state index in [0.717, 1.165) is 38.4 Å². The Kier molecular flexibility index (Phi) is 9.17. The van der Waals surface area contributed by atoms with Crippen LogP contribution in [0.3, 0.4) is 0 Å². The first-order valence-electron chi connectivity index (χ1n) is 8.43. The molecule has 0 unspecified atom stereocenters. The zero-order valence-electron chi connectivity index (χ0n) is 14.1. The molecule has 0 radical (unpaired) electrons. The first kappa shape index (κ1) is 21.7. The van der Waals surface area contributed by atoms with Crippen LogP contribution in [-0.4, -0.2) is 53.9 Å². The van der Waals surface area contributed by atoms with Gasteiger partial charge in [-0.15, -0.1) is 24.8 Å². The molecule has 0 atom stereocenters. The van der Waals surface area contributed by atoms with Crippen LogP contribution in [0.2, 0.25) is 0 Å². The predicted octanol–water partition coefficient (Wildman–Crippen LogP) is 1.65. The minimum atomic E-state index is -0.306. The molecule has 2 N–H and O–H groups in total. The first-order valence-corrected chi connectivity index (χ1v) is 8.43. The third-order valence-corrected chi connectivity index (χ3v) is 4.54. The van der Waals surface area contributed by atoms with Crippen molar-refractivity contribution >= 4 is 36.6 Å². The Morgan fingerprint density at radius 1 is 1.12 bits per heavy atom. The summed E-state index contributed by atoms with van der Waals surface area (Å²) in [5, 5.41) is 6.25. The number of aromatic nitrogens is 1. The topological polar surface area (TPSA) is 74.3 Å². The summed E-state index contributed by atoms with van der Waals surface area (Å²) in [6, 6.07) is 5.67. The van der Waals surface area contributed by atoms with E-state index in [-0.39, 0.29) is 43.2 Å². The molecule has 1 aromatic heterocycles. The Morgan fingerprint density at radius 2 is 1.84 bits per heavy atom. The highest BCUT2D eigenvalue weighted by Gasteiger charge is 2.26. The minimum Gasteiger partial charge on any atom is -0.342 e. The van der Waals surface area contributed by atoms with E-state index in [1.807, 2.05) is 4.90 Å². The molecule has 1 saturated heterocycles. The molecule has 0 spiro atoms. The van der Waals surface area contributed by atoms with Crippen LogP contribution < -0.4 is 10.6 Å². The first-order chi connectivity index (χ1) is 11.2. The summed E-state index contributed by atoms with van der Waals surface area (Å²) in [6.45, 7) is 2.69. The van der Waals surface area contributed by atoms with E-state index in [1.165, 1.54) is 12.8 Å². The van der Waals surface area contributed by atoms with E-state index < -0.39 is 0 Å². The highest BCUT2D eigenvalue weighted by molar-refractivity contribution is 5.94. The molecule has 1 saturated carbocycles. The zero-order valence-corrected chi connectivity index (χ0v) is 15.8. The van der Waals surface area contributed by atoms with Crippen LogP contribution in [0.4, 0.5) is 0 Å². The Labute approximate surface area is 161 Å². The number of carbonyl (C=O) groups is 2. The molecule has 2 fully saturated rings. The van der Waals surface area contributed by atoms with Crippen molar-refractivity contribution in [3.63, 3.8) is 0 Å². The fourth-order valence-corrected chi connectivity index (χ4v) is 2.84. The lowest BCUT2D eigenvalue weighted by atomic mass is 10.0. The van der Waals surface area contributed by atoms with Gasteiger partial charge < -0.3 is 15.5 Å². The van der Waals surface area contributed by atoms with Crippen LogP contribution in [-0.2, 0) is 4.79 Å². The molecule has 2 amide bonds. The van der Waals surface area contributed by atoms with Crippen LogP contribution >= 0.6 is 24.8 Å². The smallest absolute Gasteiger partial charge is 0.270 e. The molecule has 3 rings (SSSR count). The Bertz CT molecular complexity index is 547. The number of halogens is 2. The van der Waals surface area contributed by atoms with Crippen LogP contribution in [0.25, 0.3) is 0 Å². The van der Waals surface area contributed by atoms with Crippen LogP contribution in [0.5, 0.6) is 0 Å². The quantitative estimate of drug-likeness (QED) is 0.776. The van der Waals surface area contributed by atoms with Gasteiger partial charge in [-0.3, -0.25) is 14.6 Å². The number of amides is 2. The summed E-state index contributed by atoms with van der Waals surface area (Å²) >= 11 is 0. The van der Waals surface area contributed by atoms with Gasteiger partial charge in [0.25, 0.3) is 5.91 Å². The molecule has 2 heterocycles. The lowest BCUT2D eigenvalue weighted by Crippen LogP contribution is -2.48. The van der Waals surface area contributed by atoms with Crippen molar-refractivity contribution in [1.82, 2.24) is 20.5 Å². The van der Waals surface area contributed by atoms with Gasteiger partial charge in [-0.2, -0.15) is 0 Å². The van der Waals surface area contributed by atoms with Gasteiger partial charge in [-0.05, 0) is 50.3 Å². The SMILES string of the molecule is Cl.Cl.O=C(NCC(=O)N1CCC(NCC2CC2)CC1)c1ccccn1. The van der Waals surface area contributed by atoms with Gasteiger partial charge in [0.05, 0.1) is 6.54 Å². The largest absolute Gasteiger partial charge is 0.342 e. The van der Waals surface area contributed by atoms with Gasteiger partial charge >= 0.3 is 0 Å². The van der Waals surface area contributed by atoms with Crippen molar-refractivity contribution in [3.8, 4) is 0 Å². The van der Waals surface area contributed by atoms with Gasteiger partial charge in [-0.25, -0.2) is 0 Å². The Balaban J connectivity index is 0.00000156. The van der Waals surface area contributed by atoms with E-state index in [1.54, 1.807) is 24.4 Å². The maximum atomic E-state index is 12.2. The van der Waals surface area contributed by atoms with Crippen molar-refractivity contribution in [2.45, 2.75) is 31.7 Å². The van der Waals surface area contributed by atoms with Crippen LogP contribution in [0, 0.1) is 5.92 Å². The second-order valence-corrected chi connectivity index (χ2v) is 6.40. The van der Waals surface area contributed by atoms with Crippen molar-refractivity contribution in [2.24, 2.45) is 5.92 Å². The zero-order chi connectivity index (χ0) is 16.1. The lowest BCUT2D eigenvalue weighted by Gasteiger charge is -2.32. The number of rotatable bonds is 6. The number of nitrogens with one attached hydrogen (secondary N) is 2. The van der Waals surface area contributed by atoms with E-state index in [0.29, 0.717) is 11.7 Å². The van der Waals surface area contributed by atoms with Crippen molar-refractivity contribution in [2.75, 3.05) is 26.2 Å². The Hall–Kier alpha value is -1.37. The highest BCUT2D eigenvalue weighted by atomic mass is 35.5. The molecule has 8 heteroatoms. The second kappa shape index (κ2) is 10.6. The number of hydrogen-bond donors (Lipinski definition) is 2. The monoisotopic (exact) mass is 388 g/mol. The van der Waals surface area contributed by atoms with Gasteiger partial charge in [0, 0.05) is 25.3 Å². The summed E-state index contributed by atoms with van der Waals surface area (Å²) in [4.78, 5) is 29.9. The number of carbonyl (C=O) groups excluding carboxylic acids is 2. The number of piperidine rings is 1. The van der Waals surface area contributed by atoms with Gasteiger partial charge in [0.15, 0.2) is 0 Å². The normalized spacial score (nSPS) is 17.2. The summed E-state index contributed by atoms with van der Waals surface area (Å²) in [5.74, 6) is 0.561. The molecule has 6 nitrogen and oxygen atoms in total. The van der Waals surface area contributed by atoms with Gasteiger partial charge in [0.2, 0.25) is 5.91 Å². The number of pyridine rings is 1. The molecule has 140 valence electrons. The number of hydrogen-bond acceptors (Lipinski definition) is 4. The molecule has 0 aromatic carbocycles. The lowest BCUT2D eigenvalue weighted by molar-refractivity contribution is -0.131. The molecular formula is C17H26Cl2N4O2. The van der Waals surface area contributed by atoms with Crippen molar-refractivity contribution in [1.29, 1.82) is 0 Å². The van der Waals surface area contributed by atoms with Crippen LogP contribution in [0.1, 0.15) is 36.2 Å². The molecule has 2 aliphatic rings. The average molecular weight is 389 g/mol. The maximum Gasteiger partial charge on any atom is 0.270 e. The van der Waals surface area contributed by atoms with Crippen molar-refractivity contribution < 1.29 is 9.59 Å². The standard InChI is InChI=1S/C17H24N4O2.2ClH/c22-16(12-20-17(23)15-3-1-2-8-18-15)21-9-6-14(7-10-21)19-11-13-4-5-13;;/h1-3,8,13-14,19H,4-7,9-12H2,(H,20,23);2*1H. The van der Waals surface area contributed by atoms with Gasteiger partial charge in [0.1, 0.15) is 5.69 Å². The molecule has 1 aliphatic carbocycles. The predicted molar refractivity (Wildman–Crippen MR) is 101 cm³/mol. The molecule has 1 aromatic rings. The second-order valence-electron chi connectivity index (χ2n) is 6.40. The molecule has 1 aliphatic heterocycles. The fraction of sp³-hybridized carbons (Fsp3) is 0.588. The average Bonchev–Trinajstić information content (AvgIpc) is 3.43. The van der Waals surface area contributed by atoms with Gasteiger partial charge in [-0.1, -0.05) is 6.07 Å². The van der Waals surface area contributed by atoms with E-state index in [9.17, 15) is 9.59 Å². The molecule has 0 bridgehead atoms. The van der Waals surface area contributed by atoms with Crippen LogP contribution in [0.15, 0.2) is 24.4 Å². The summed E-state index contributed by atoms with van der Waals surface area (Å²) in [6.07, 6.45) is 6.27. The van der Waals surface area contributed by atoms with E-state index >= 15 is 0 Å². The summed E-state index contributed by atoms with van der Waals surface area (Å²) in [7, 11) is 0. The maximum absolute atomic E-state index is 12.2. The highest BCUT2D eigenvalue weighted by Crippen LogP contribution is 2.28. The fourth-order valence-electron chi connectivity index (χ4n) is 2.84. The molecular weight excluding hydrogens is 363 g/mol.